The number of hydrazone groups is 1. The quantitative estimate of drug-likeness (QED) is 0.267. The van der Waals surface area contributed by atoms with Crippen molar-refractivity contribution in [2.75, 3.05) is 0 Å². The van der Waals surface area contributed by atoms with Crippen LogP contribution in [0.15, 0.2) is 70.9 Å². The number of rotatable bonds is 8. The molecule has 1 atom stereocenters. The van der Waals surface area contributed by atoms with E-state index < -0.39 is 50.4 Å². The van der Waals surface area contributed by atoms with Crippen LogP contribution < -0.4 is 5.73 Å². The molecule has 0 radical (unpaired) electrons. The summed E-state index contributed by atoms with van der Waals surface area (Å²) in [6, 6.07) is 6.72. The van der Waals surface area contributed by atoms with E-state index >= 15 is 0 Å². The van der Waals surface area contributed by atoms with E-state index in [0.29, 0.717) is 25.0 Å². The van der Waals surface area contributed by atoms with E-state index in [1.807, 2.05) is 0 Å². The predicted molar refractivity (Wildman–Crippen MR) is 143 cm³/mol. The Bertz CT molecular complexity index is 1440. The van der Waals surface area contributed by atoms with E-state index in [4.69, 9.17) is 5.73 Å². The van der Waals surface area contributed by atoms with Crippen LogP contribution in [0.3, 0.4) is 0 Å². The molecule has 0 aromatic heterocycles. The SMILES string of the molecule is CCC(CC)S(=O)(=O)c1ccc(/C(=C\N2C=CCC(C)C(c3cc(C(F)(F)F)cc(C(F)(F)F)c3)=N2)C(N)=O)cc1. The van der Waals surface area contributed by atoms with E-state index in [2.05, 4.69) is 5.10 Å². The zero-order valence-corrected chi connectivity index (χ0v) is 23.2. The number of amides is 1. The largest absolute Gasteiger partial charge is 0.416 e. The molecule has 2 N–H and O–H groups in total. The number of nitrogens with two attached hydrogens (primary N) is 1. The third-order valence-electron chi connectivity index (χ3n) is 6.69. The lowest BCUT2D eigenvalue weighted by Crippen LogP contribution is -2.20. The van der Waals surface area contributed by atoms with Crippen LogP contribution in [0.2, 0.25) is 0 Å². The molecule has 3 rings (SSSR count). The fourth-order valence-corrected chi connectivity index (χ4v) is 6.19. The maximum absolute atomic E-state index is 13.5. The van der Waals surface area contributed by atoms with Crippen molar-refractivity contribution in [3.63, 3.8) is 0 Å². The van der Waals surface area contributed by atoms with Gasteiger partial charge < -0.3 is 5.73 Å². The summed E-state index contributed by atoms with van der Waals surface area (Å²) in [6.45, 7) is 5.13. The van der Waals surface area contributed by atoms with Crippen LogP contribution in [-0.4, -0.2) is 30.3 Å². The number of carbonyl (C=O) groups excluding carboxylic acids is 1. The van der Waals surface area contributed by atoms with Crippen molar-refractivity contribution in [2.45, 2.75) is 62.5 Å². The molecule has 0 fully saturated rings. The first-order chi connectivity index (χ1) is 19.0. The maximum atomic E-state index is 13.5. The van der Waals surface area contributed by atoms with Crippen LogP contribution >= 0.6 is 0 Å². The van der Waals surface area contributed by atoms with Gasteiger partial charge in [0, 0.05) is 18.3 Å². The summed E-state index contributed by atoms with van der Waals surface area (Å²) >= 11 is 0. The molecule has 41 heavy (non-hydrogen) atoms. The number of alkyl halides is 6. The maximum Gasteiger partial charge on any atom is 0.416 e. The van der Waals surface area contributed by atoms with Gasteiger partial charge in [-0.15, -0.1) is 0 Å². The fraction of sp³-hybridized carbons (Fsp3) is 0.357. The number of nitrogens with zero attached hydrogens (tertiary/aromatic N) is 2. The number of sulfone groups is 1. The molecular formula is C28H29F6N3O3S. The molecule has 0 saturated heterocycles. The molecule has 0 saturated carbocycles. The Morgan fingerprint density at radius 1 is 1.02 bits per heavy atom. The number of carbonyl (C=O) groups is 1. The van der Waals surface area contributed by atoms with Crippen molar-refractivity contribution in [3.05, 3.63) is 83.2 Å². The standard InChI is InChI=1S/C28H29F6N3O3S/c1-4-22(5-2)41(39,40)23-10-8-18(9-11-23)24(26(35)38)16-37-12-6-7-17(3)25(36-37)19-13-20(27(29,30)31)15-21(14-19)28(32,33)34/h6,8-17,22H,4-5,7H2,1-3H3,(H2,35,38)/b24-16+. The molecule has 0 bridgehead atoms. The first-order valence-electron chi connectivity index (χ1n) is 12.7. The van der Waals surface area contributed by atoms with Gasteiger partial charge >= 0.3 is 12.4 Å². The van der Waals surface area contributed by atoms with Gasteiger partial charge in [0.1, 0.15) is 0 Å². The van der Waals surface area contributed by atoms with Gasteiger partial charge in [0.15, 0.2) is 9.84 Å². The summed E-state index contributed by atoms with van der Waals surface area (Å²) in [5, 5.41) is 4.78. The molecule has 1 aliphatic rings. The average Bonchev–Trinajstić information content (AvgIpc) is 3.07. The van der Waals surface area contributed by atoms with Crippen molar-refractivity contribution < 1.29 is 39.6 Å². The normalized spacial score (nSPS) is 17.0. The van der Waals surface area contributed by atoms with Gasteiger partial charge in [-0.25, -0.2) is 13.4 Å². The van der Waals surface area contributed by atoms with Crippen molar-refractivity contribution in [1.82, 2.24) is 5.01 Å². The van der Waals surface area contributed by atoms with E-state index in [9.17, 15) is 39.6 Å². The predicted octanol–water partition coefficient (Wildman–Crippen LogP) is 6.77. The van der Waals surface area contributed by atoms with Gasteiger partial charge in [0.05, 0.1) is 32.6 Å². The number of halogens is 6. The van der Waals surface area contributed by atoms with Gasteiger partial charge in [-0.3, -0.25) is 4.79 Å². The van der Waals surface area contributed by atoms with Gasteiger partial charge in [-0.2, -0.15) is 31.4 Å². The molecule has 2 aromatic rings. The highest BCUT2D eigenvalue weighted by Gasteiger charge is 2.37. The summed E-state index contributed by atoms with van der Waals surface area (Å²) in [4.78, 5) is 12.4. The van der Waals surface area contributed by atoms with Gasteiger partial charge in [0.2, 0.25) is 0 Å². The summed E-state index contributed by atoms with van der Waals surface area (Å²) < 4.78 is 106. The highest BCUT2D eigenvalue weighted by atomic mass is 32.2. The van der Waals surface area contributed by atoms with Gasteiger partial charge in [-0.1, -0.05) is 39.0 Å². The fourth-order valence-electron chi connectivity index (χ4n) is 4.41. The number of hydrogen-bond donors (Lipinski definition) is 1. The van der Waals surface area contributed by atoms with Crippen LogP contribution in [0.5, 0.6) is 0 Å². The van der Waals surface area contributed by atoms with Crippen LogP contribution in [0.1, 0.15) is 62.3 Å². The van der Waals surface area contributed by atoms with E-state index in [1.165, 1.54) is 36.7 Å². The Labute approximate surface area is 234 Å². The number of allylic oxidation sites excluding steroid dienone is 1. The van der Waals surface area contributed by atoms with E-state index in [-0.39, 0.29) is 39.8 Å². The molecule has 0 spiro atoms. The lowest BCUT2D eigenvalue weighted by Gasteiger charge is -2.19. The Kier molecular flexibility index (Phi) is 9.41. The molecule has 0 aliphatic carbocycles. The molecular weight excluding hydrogens is 572 g/mol. The Hall–Kier alpha value is -3.61. The lowest BCUT2D eigenvalue weighted by molar-refractivity contribution is -0.143. The van der Waals surface area contributed by atoms with Crippen molar-refractivity contribution >= 4 is 27.0 Å². The Morgan fingerprint density at radius 3 is 2.02 bits per heavy atom. The molecule has 2 aromatic carbocycles. The van der Waals surface area contributed by atoms with Crippen molar-refractivity contribution in [2.24, 2.45) is 16.8 Å². The van der Waals surface area contributed by atoms with Gasteiger partial charge in [-0.05, 0) is 60.7 Å². The summed E-state index contributed by atoms with van der Waals surface area (Å²) in [6.07, 6.45) is -4.82. The third-order valence-corrected chi connectivity index (χ3v) is 9.16. The van der Waals surface area contributed by atoms with Crippen molar-refractivity contribution in [1.29, 1.82) is 0 Å². The number of hydrogen-bond acceptors (Lipinski definition) is 5. The average molecular weight is 602 g/mol. The van der Waals surface area contributed by atoms with Crippen LogP contribution in [0.4, 0.5) is 26.3 Å². The first kappa shape index (κ1) is 31.9. The first-order valence-corrected chi connectivity index (χ1v) is 14.2. The number of primary amides is 1. The van der Waals surface area contributed by atoms with Crippen LogP contribution in [0, 0.1) is 5.92 Å². The third kappa shape index (κ3) is 7.38. The summed E-state index contributed by atoms with van der Waals surface area (Å²) in [5.74, 6) is -1.50. The smallest absolute Gasteiger partial charge is 0.366 e. The molecule has 222 valence electrons. The monoisotopic (exact) mass is 601 g/mol. The minimum atomic E-state index is -5.03. The Balaban J connectivity index is 2.10. The highest BCUT2D eigenvalue weighted by Crippen LogP contribution is 2.37. The molecule has 1 heterocycles. The summed E-state index contributed by atoms with van der Waals surface area (Å²) in [7, 11) is -3.61. The second-order valence-corrected chi connectivity index (χ2v) is 11.8. The van der Waals surface area contributed by atoms with Crippen LogP contribution in [-0.2, 0) is 27.0 Å². The van der Waals surface area contributed by atoms with Crippen molar-refractivity contribution in [3.8, 4) is 0 Å². The topological polar surface area (TPSA) is 92.8 Å². The minimum absolute atomic E-state index is 0.0413. The molecule has 13 heteroatoms. The molecule has 1 amide bonds. The van der Waals surface area contributed by atoms with E-state index in [0.717, 1.165) is 5.01 Å². The number of benzene rings is 2. The molecule has 1 unspecified atom stereocenters. The van der Waals surface area contributed by atoms with Gasteiger partial charge in [0.25, 0.3) is 5.91 Å². The molecule has 1 aliphatic heterocycles. The Morgan fingerprint density at radius 2 is 1.56 bits per heavy atom. The minimum Gasteiger partial charge on any atom is -0.366 e. The summed E-state index contributed by atoms with van der Waals surface area (Å²) in [5.41, 5.74) is 2.30. The zero-order chi connectivity index (χ0) is 30.8. The van der Waals surface area contributed by atoms with E-state index in [1.54, 1.807) is 26.8 Å². The zero-order valence-electron chi connectivity index (χ0n) is 22.4. The van der Waals surface area contributed by atoms with Crippen LogP contribution in [0.25, 0.3) is 5.57 Å². The lowest BCUT2D eigenvalue weighted by atomic mass is 9.93. The molecule has 6 nitrogen and oxygen atoms in total. The second-order valence-electron chi connectivity index (χ2n) is 9.60. The highest BCUT2D eigenvalue weighted by molar-refractivity contribution is 7.92. The second kappa shape index (κ2) is 12.1.